The summed E-state index contributed by atoms with van der Waals surface area (Å²) in [5, 5.41) is 5.59. The molecule has 1 heterocycles. The molecule has 0 aliphatic carbocycles. The van der Waals surface area contributed by atoms with Gasteiger partial charge in [0.2, 0.25) is 0 Å². The van der Waals surface area contributed by atoms with Crippen LogP contribution in [0.2, 0.25) is 0 Å². The lowest BCUT2D eigenvalue weighted by atomic mass is 10.0. The maximum Gasteiger partial charge on any atom is 0.315 e. The standard InChI is InChI=1S/C15H20F2N2O2/c1-9(11-3-4-12(16)13(17)7-11)8-18-15(20)19-14-5-6-21-10(14)2/h3-4,7,9-10,14H,5-6,8H2,1-2H3,(H2,18,19,20)/t9-,10+,14+/m1/s1. The lowest BCUT2D eigenvalue weighted by Crippen LogP contribution is -2.45. The minimum absolute atomic E-state index is 0.0133. The third-order valence-corrected chi connectivity index (χ3v) is 3.77. The minimum atomic E-state index is -0.874. The second-order valence-corrected chi connectivity index (χ2v) is 5.40. The molecule has 1 aromatic rings. The van der Waals surface area contributed by atoms with Crippen LogP contribution < -0.4 is 10.6 Å². The molecule has 0 unspecified atom stereocenters. The Bertz CT molecular complexity index is 510. The molecular weight excluding hydrogens is 278 g/mol. The summed E-state index contributed by atoms with van der Waals surface area (Å²) in [7, 11) is 0. The van der Waals surface area contributed by atoms with E-state index in [0.717, 1.165) is 18.6 Å². The van der Waals surface area contributed by atoms with Crippen LogP contribution in [0.15, 0.2) is 18.2 Å². The van der Waals surface area contributed by atoms with Crippen LogP contribution in [0.1, 0.15) is 31.7 Å². The number of hydrogen-bond donors (Lipinski definition) is 2. The molecule has 0 saturated carbocycles. The van der Waals surface area contributed by atoms with E-state index in [9.17, 15) is 13.6 Å². The largest absolute Gasteiger partial charge is 0.376 e. The van der Waals surface area contributed by atoms with Crippen LogP contribution in [0, 0.1) is 11.6 Å². The summed E-state index contributed by atoms with van der Waals surface area (Å²) in [6.45, 7) is 4.76. The number of nitrogens with one attached hydrogen (secondary N) is 2. The van der Waals surface area contributed by atoms with Crippen molar-refractivity contribution in [2.75, 3.05) is 13.2 Å². The highest BCUT2D eigenvalue weighted by atomic mass is 19.2. The number of carbonyl (C=O) groups is 1. The van der Waals surface area contributed by atoms with Crippen LogP contribution in [0.3, 0.4) is 0 Å². The fraction of sp³-hybridized carbons (Fsp3) is 0.533. The van der Waals surface area contributed by atoms with E-state index in [4.69, 9.17) is 4.74 Å². The van der Waals surface area contributed by atoms with Crippen LogP contribution >= 0.6 is 0 Å². The summed E-state index contributed by atoms with van der Waals surface area (Å²) < 4.78 is 31.4. The van der Waals surface area contributed by atoms with Crippen LogP contribution in [-0.4, -0.2) is 31.3 Å². The van der Waals surface area contributed by atoms with Crippen molar-refractivity contribution in [2.45, 2.75) is 38.3 Å². The Kier molecular flexibility index (Phi) is 5.12. The van der Waals surface area contributed by atoms with Crippen LogP contribution in [0.5, 0.6) is 0 Å². The average Bonchev–Trinajstić information content (AvgIpc) is 2.84. The van der Waals surface area contributed by atoms with Gasteiger partial charge in [0.25, 0.3) is 0 Å². The normalized spacial score (nSPS) is 22.9. The highest BCUT2D eigenvalue weighted by molar-refractivity contribution is 5.74. The number of amides is 2. The van der Waals surface area contributed by atoms with Crippen LogP contribution in [0.25, 0.3) is 0 Å². The van der Waals surface area contributed by atoms with Crippen molar-refractivity contribution < 1.29 is 18.3 Å². The molecule has 1 aromatic carbocycles. The predicted octanol–water partition coefficient (Wildman–Crippen LogP) is 2.54. The van der Waals surface area contributed by atoms with Gasteiger partial charge in [-0.25, -0.2) is 13.6 Å². The van der Waals surface area contributed by atoms with Gasteiger partial charge < -0.3 is 15.4 Å². The molecule has 6 heteroatoms. The maximum absolute atomic E-state index is 13.2. The van der Waals surface area contributed by atoms with Gasteiger partial charge in [0.15, 0.2) is 11.6 Å². The van der Waals surface area contributed by atoms with E-state index in [0.29, 0.717) is 18.7 Å². The van der Waals surface area contributed by atoms with Gasteiger partial charge in [-0.15, -0.1) is 0 Å². The quantitative estimate of drug-likeness (QED) is 0.897. The van der Waals surface area contributed by atoms with Crippen LogP contribution in [-0.2, 0) is 4.74 Å². The molecular formula is C15H20F2N2O2. The first-order valence-electron chi connectivity index (χ1n) is 7.08. The summed E-state index contributed by atoms with van der Waals surface area (Å²) in [5.41, 5.74) is 0.645. The van der Waals surface area contributed by atoms with E-state index in [1.807, 2.05) is 13.8 Å². The predicted molar refractivity (Wildman–Crippen MR) is 75.1 cm³/mol. The van der Waals surface area contributed by atoms with Crippen molar-refractivity contribution in [1.29, 1.82) is 0 Å². The molecule has 0 radical (unpaired) electrons. The Morgan fingerprint density at radius 3 is 2.81 bits per heavy atom. The first kappa shape index (κ1) is 15.7. The number of rotatable bonds is 4. The zero-order valence-electron chi connectivity index (χ0n) is 12.2. The summed E-state index contributed by atoms with van der Waals surface area (Å²) >= 11 is 0. The van der Waals surface area contributed by atoms with Gasteiger partial charge in [-0.05, 0) is 37.0 Å². The fourth-order valence-electron chi connectivity index (χ4n) is 2.32. The third-order valence-electron chi connectivity index (χ3n) is 3.77. The molecule has 0 spiro atoms. The SMILES string of the molecule is C[C@H](CNC(=O)N[C@H]1CCO[C@H]1C)c1ccc(F)c(F)c1. The minimum Gasteiger partial charge on any atom is -0.376 e. The van der Waals surface area contributed by atoms with Gasteiger partial charge in [-0.2, -0.15) is 0 Å². The van der Waals surface area contributed by atoms with Crippen LogP contribution in [0.4, 0.5) is 13.6 Å². The number of ether oxygens (including phenoxy) is 1. The highest BCUT2D eigenvalue weighted by Crippen LogP contribution is 2.17. The first-order chi connectivity index (χ1) is 9.97. The fourth-order valence-corrected chi connectivity index (χ4v) is 2.32. The lowest BCUT2D eigenvalue weighted by Gasteiger charge is -2.18. The molecule has 1 saturated heterocycles. The zero-order valence-corrected chi connectivity index (χ0v) is 12.2. The van der Waals surface area contributed by atoms with Gasteiger partial charge in [0.05, 0.1) is 12.1 Å². The number of carbonyl (C=O) groups excluding carboxylic acids is 1. The molecule has 2 amide bonds. The van der Waals surface area contributed by atoms with E-state index in [-0.39, 0.29) is 24.1 Å². The number of urea groups is 1. The molecule has 0 aromatic heterocycles. The Balaban J connectivity index is 1.81. The molecule has 2 rings (SSSR count). The second-order valence-electron chi connectivity index (χ2n) is 5.40. The molecule has 0 bridgehead atoms. The van der Waals surface area contributed by atoms with E-state index < -0.39 is 11.6 Å². The molecule has 4 nitrogen and oxygen atoms in total. The zero-order chi connectivity index (χ0) is 15.4. The molecule has 2 N–H and O–H groups in total. The van der Waals surface area contributed by atoms with Gasteiger partial charge in [-0.1, -0.05) is 13.0 Å². The summed E-state index contributed by atoms with van der Waals surface area (Å²) in [4.78, 5) is 11.8. The average molecular weight is 298 g/mol. The van der Waals surface area contributed by atoms with E-state index in [2.05, 4.69) is 10.6 Å². The maximum atomic E-state index is 13.2. The monoisotopic (exact) mass is 298 g/mol. The topological polar surface area (TPSA) is 50.4 Å². The van der Waals surface area contributed by atoms with Gasteiger partial charge in [0, 0.05) is 13.2 Å². The van der Waals surface area contributed by atoms with E-state index in [1.54, 1.807) is 0 Å². The van der Waals surface area contributed by atoms with Gasteiger partial charge >= 0.3 is 6.03 Å². The van der Waals surface area contributed by atoms with Crippen molar-refractivity contribution in [3.8, 4) is 0 Å². The second kappa shape index (κ2) is 6.85. The summed E-state index contributed by atoms with van der Waals surface area (Å²) in [6, 6.07) is 3.52. The first-order valence-corrected chi connectivity index (χ1v) is 7.08. The van der Waals surface area contributed by atoms with Crippen molar-refractivity contribution in [2.24, 2.45) is 0 Å². The Morgan fingerprint density at radius 2 is 2.19 bits per heavy atom. The van der Waals surface area contributed by atoms with E-state index in [1.165, 1.54) is 6.07 Å². The molecule has 1 aliphatic rings. The molecule has 21 heavy (non-hydrogen) atoms. The third kappa shape index (κ3) is 4.14. The summed E-state index contributed by atoms with van der Waals surface area (Å²) in [5.74, 6) is -1.85. The molecule has 3 atom stereocenters. The van der Waals surface area contributed by atoms with Crippen molar-refractivity contribution in [3.05, 3.63) is 35.4 Å². The van der Waals surface area contributed by atoms with Gasteiger partial charge in [0.1, 0.15) is 0 Å². The van der Waals surface area contributed by atoms with Crippen molar-refractivity contribution in [3.63, 3.8) is 0 Å². The lowest BCUT2D eigenvalue weighted by molar-refractivity contribution is 0.114. The summed E-state index contributed by atoms with van der Waals surface area (Å²) in [6.07, 6.45) is 0.812. The number of benzene rings is 1. The number of hydrogen-bond acceptors (Lipinski definition) is 2. The Labute approximate surface area is 122 Å². The Hall–Kier alpha value is -1.69. The van der Waals surface area contributed by atoms with Gasteiger partial charge in [-0.3, -0.25) is 0 Å². The molecule has 1 fully saturated rings. The van der Waals surface area contributed by atoms with Crippen molar-refractivity contribution >= 4 is 6.03 Å². The smallest absolute Gasteiger partial charge is 0.315 e. The highest BCUT2D eigenvalue weighted by Gasteiger charge is 2.25. The van der Waals surface area contributed by atoms with E-state index >= 15 is 0 Å². The molecule has 1 aliphatic heterocycles. The molecule has 116 valence electrons. The number of halogens is 2. The van der Waals surface area contributed by atoms with Crippen molar-refractivity contribution in [1.82, 2.24) is 10.6 Å². The Morgan fingerprint density at radius 1 is 1.43 bits per heavy atom.